The summed E-state index contributed by atoms with van der Waals surface area (Å²) in [6.07, 6.45) is -17.3. The zero-order valence-electron chi connectivity index (χ0n) is 11.7. The normalized spacial score (nSPS) is 15.4. The Bertz CT molecular complexity index is 465. The van der Waals surface area contributed by atoms with Crippen LogP contribution in [-0.2, 0) is 4.74 Å². The average molecular weight is 404 g/mol. The quantitative estimate of drug-likeness (QED) is 0.356. The molecule has 0 bridgehead atoms. The van der Waals surface area contributed by atoms with Crippen LogP contribution in [0.3, 0.4) is 0 Å². The van der Waals surface area contributed by atoms with Gasteiger partial charge in [0.1, 0.15) is 0 Å². The van der Waals surface area contributed by atoms with Crippen molar-refractivity contribution >= 4 is 0 Å². The molecule has 0 aromatic heterocycles. The number of rotatable bonds is 9. The van der Waals surface area contributed by atoms with Gasteiger partial charge in [-0.05, 0) is 0 Å². The van der Waals surface area contributed by atoms with Crippen molar-refractivity contribution in [2.75, 3.05) is 6.61 Å². The summed E-state index contributed by atoms with van der Waals surface area (Å²) < 4.78 is 169. The van der Waals surface area contributed by atoms with Gasteiger partial charge in [-0.25, -0.2) is 0 Å². The number of hydrogen-bond acceptors (Lipinski definition) is 1. The topological polar surface area (TPSA) is 9.23 Å². The Labute approximate surface area is 131 Å². The van der Waals surface area contributed by atoms with Crippen LogP contribution in [0.4, 0.5) is 57.1 Å². The van der Waals surface area contributed by atoms with E-state index in [4.69, 9.17) is 0 Å². The second-order valence-electron chi connectivity index (χ2n) is 4.66. The zero-order chi connectivity index (χ0) is 20.5. The molecule has 1 nitrogen and oxygen atoms in total. The van der Waals surface area contributed by atoms with Crippen LogP contribution in [0.2, 0.25) is 0 Å². The second-order valence-corrected chi connectivity index (χ2v) is 4.66. The van der Waals surface area contributed by atoms with Crippen LogP contribution in [0, 0.1) is 0 Å². The van der Waals surface area contributed by atoms with Gasteiger partial charge in [0.25, 0.3) is 0 Å². The first kappa shape index (κ1) is 23.8. The Morgan fingerprint density at radius 3 is 1.44 bits per heavy atom. The van der Waals surface area contributed by atoms with E-state index in [-0.39, 0.29) is 0 Å². The van der Waals surface area contributed by atoms with Gasteiger partial charge in [-0.3, -0.25) is 0 Å². The molecule has 0 heterocycles. The largest absolute Gasteiger partial charge is 0.426 e. The molecule has 0 spiro atoms. The molecular formula is C11H9F13O. The van der Waals surface area contributed by atoms with Gasteiger partial charge >= 0.3 is 36.0 Å². The molecule has 0 fully saturated rings. The monoisotopic (exact) mass is 404 g/mol. The van der Waals surface area contributed by atoms with Gasteiger partial charge in [0.15, 0.2) is 0 Å². The molecular weight excluding hydrogens is 395 g/mol. The van der Waals surface area contributed by atoms with E-state index in [2.05, 4.69) is 11.3 Å². The van der Waals surface area contributed by atoms with E-state index in [0.717, 1.165) is 0 Å². The molecule has 0 saturated heterocycles. The summed E-state index contributed by atoms with van der Waals surface area (Å²) in [4.78, 5) is 0. The van der Waals surface area contributed by atoms with Gasteiger partial charge in [0.05, 0.1) is 6.61 Å². The predicted molar refractivity (Wildman–Crippen MR) is 56.2 cm³/mol. The van der Waals surface area contributed by atoms with E-state index in [1.54, 1.807) is 0 Å². The van der Waals surface area contributed by atoms with Gasteiger partial charge in [-0.15, -0.1) is 6.58 Å². The van der Waals surface area contributed by atoms with Gasteiger partial charge in [0, 0.05) is 12.8 Å². The summed E-state index contributed by atoms with van der Waals surface area (Å²) in [6, 6.07) is 0. The lowest BCUT2D eigenvalue weighted by Crippen LogP contribution is -2.67. The van der Waals surface area contributed by atoms with Crippen molar-refractivity contribution in [2.45, 2.75) is 48.8 Å². The fraction of sp³-hybridized carbons (Fsp3) is 0.818. The summed E-state index contributed by atoms with van der Waals surface area (Å²) in [6.45, 7) is 1.13. The number of ether oxygens (including phenoxy) is 1. The Kier molecular flexibility index (Phi) is 6.50. The first-order chi connectivity index (χ1) is 10.8. The Hall–Kier alpha value is -1.21. The smallest absolute Gasteiger partial charge is 0.311 e. The average Bonchev–Trinajstić information content (AvgIpc) is 2.41. The lowest BCUT2D eigenvalue weighted by Gasteiger charge is -2.39. The molecule has 25 heavy (non-hydrogen) atoms. The van der Waals surface area contributed by atoms with Crippen LogP contribution in [0.5, 0.6) is 0 Å². The van der Waals surface area contributed by atoms with Crippen molar-refractivity contribution in [1.29, 1.82) is 0 Å². The second kappa shape index (κ2) is 6.83. The van der Waals surface area contributed by atoms with Crippen LogP contribution >= 0.6 is 0 Å². The maximum absolute atomic E-state index is 13.2. The molecule has 0 rings (SSSR count). The highest BCUT2D eigenvalue weighted by Crippen LogP contribution is 2.58. The molecule has 0 aromatic rings. The molecule has 0 radical (unpaired) electrons. The third-order valence-electron chi connectivity index (χ3n) is 2.72. The van der Waals surface area contributed by atoms with Crippen LogP contribution in [0.25, 0.3) is 0 Å². The van der Waals surface area contributed by atoms with Crippen molar-refractivity contribution in [3.05, 3.63) is 12.7 Å². The molecule has 0 N–H and O–H groups in total. The Morgan fingerprint density at radius 1 is 0.640 bits per heavy atom. The van der Waals surface area contributed by atoms with E-state index in [9.17, 15) is 57.1 Å². The minimum atomic E-state index is -7.46. The number of hydrogen-bond donors (Lipinski definition) is 0. The molecule has 0 atom stereocenters. The number of halogens is 13. The predicted octanol–water partition coefficient (Wildman–Crippen LogP) is 5.67. The van der Waals surface area contributed by atoms with Gasteiger partial charge < -0.3 is 4.74 Å². The lowest BCUT2D eigenvalue weighted by molar-refractivity contribution is -0.444. The molecule has 0 amide bonds. The van der Waals surface area contributed by atoms with Crippen LogP contribution < -0.4 is 0 Å². The summed E-state index contributed by atoms with van der Waals surface area (Å²) in [5.41, 5.74) is 0. The fourth-order valence-corrected chi connectivity index (χ4v) is 1.32. The van der Waals surface area contributed by atoms with Crippen molar-refractivity contribution in [3.8, 4) is 0 Å². The first-order valence-corrected chi connectivity index (χ1v) is 5.97. The van der Waals surface area contributed by atoms with Crippen molar-refractivity contribution in [3.63, 3.8) is 0 Å². The van der Waals surface area contributed by atoms with Crippen molar-refractivity contribution in [1.82, 2.24) is 0 Å². The molecule has 0 saturated carbocycles. The summed E-state index contributed by atoms with van der Waals surface area (Å²) in [7, 11) is 0. The first-order valence-electron chi connectivity index (χ1n) is 5.97. The Morgan fingerprint density at radius 2 is 1.08 bits per heavy atom. The maximum atomic E-state index is 13.2. The minimum Gasteiger partial charge on any atom is -0.311 e. The molecule has 0 unspecified atom stereocenters. The summed E-state index contributed by atoms with van der Waals surface area (Å²) >= 11 is 0. The molecule has 0 aliphatic carbocycles. The summed E-state index contributed by atoms with van der Waals surface area (Å²) in [5, 5.41) is 0. The van der Waals surface area contributed by atoms with E-state index >= 15 is 0 Å². The molecule has 150 valence electrons. The van der Waals surface area contributed by atoms with E-state index < -0.39 is 55.4 Å². The SMILES string of the molecule is C=CCOC(F)(F)C(F)(F)C(F)(F)C(F)(F)C(F)(F)CCC(F)(F)F. The number of alkyl halides is 13. The van der Waals surface area contributed by atoms with Crippen LogP contribution in [-0.4, -0.2) is 42.6 Å². The molecule has 14 heteroatoms. The fourth-order valence-electron chi connectivity index (χ4n) is 1.32. The molecule has 0 aromatic carbocycles. The van der Waals surface area contributed by atoms with Crippen LogP contribution in [0.15, 0.2) is 12.7 Å². The molecule has 0 aliphatic heterocycles. The van der Waals surface area contributed by atoms with E-state index in [0.29, 0.717) is 6.08 Å². The van der Waals surface area contributed by atoms with Crippen LogP contribution in [0.1, 0.15) is 12.8 Å². The summed E-state index contributed by atoms with van der Waals surface area (Å²) in [5.74, 6) is -28.3. The lowest BCUT2D eigenvalue weighted by atomic mass is 9.95. The zero-order valence-corrected chi connectivity index (χ0v) is 11.7. The Balaban J connectivity index is 5.80. The highest BCUT2D eigenvalue weighted by molar-refractivity contribution is 5.06. The highest BCUT2D eigenvalue weighted by atomic mass is 19.4. The van der Waals surface area contributed by atoms with Gasteiger partial charge in [0.2, 0.25) is 0 Å². The van der Waals surface area contributed by atoms with E-state index in [1.807, 2.05) is 0 Å². The van der Waals surface area contributed by atoms with Gasteiger partial charge in [-0.2, -0.15) is 57.1 Å². The van der Waals surface area contributed by atoms with E-state index in [1.165, 1.54) is 0 Å². The third-order valence-corrected chi connectivity index (χ3v) is 2.72. The standard InChI is InChI=1S/C11H9F13O/c1-2-5-25-11(23,24)10(21,22)9(19,20)8(17,18)6(12,13)3-4-7(14,15)16/h2H,1,3-5H2. The van der Waals surface area contributed by atoms with Gasteiger partial charge in [-0.1, -0.05) is 6.08 Å². The third kappa shape index (κ3) is 4.50. The van der Waals surface area contributed by atoms with Crippen molar-refractivity contribution in [2.24, 2.45) is 0 Å². The van der Waals surface area contributed by atoms with Crippen molar-refractivity contribution < 1.29 is 61.8 Å². The minimum absolute atomic E-state index is 0.332. The molecule has 0 aliphatic rings. The highest BCUT2D eigenvalue weighted by Gasteiger charge is 2.86. The maximum Gasteiger partial charge on any atom is 0.426 e.